The van der Waals surface area contributed by atoms with Gasteiger partial charge in [0.05, 0.1) is 29.0 Å². The number of nitrogens with one attached hydrogen (secondary N) is 1. The first kappa shape index (κ1) is 19.6. The minimum absolute atomic E-state index is 0.0757. The summed E-state index contributed by atoms with van der Waals surface area (Å²) in [6.45, 7) is 4.83. The summed E-state index contributed by atoms with van der Waals surface area (Å²) >= 11 is 0. The highest BCUT2D eigenvalue weighted by atomic mass is 19.1. The lowest BCUT2D eigenvalue weighted by Crippen LogP contribution is -2.32. The lowest BCUT2D eigenvalue weighted by atomic mass is 9.81. The van der Waals surface area contributed by atoms with Gasteiger partial charge in [0.2, 0.25) is 0 Å². The first-order chi connectivity index (χ1) is 15.4. The Morgan fingerprint density at radius 3 is 2.88 bits per heavy atom. The second-order valence-corrected chi connectivity index (χ2v) is 8.72. The molecule has 164 valence electrons. The molecule has 0 fully saturated rings. The van der Waals surface area contributed by atoms with Crippen LogP contribution in [0.2, 0.25) is 0 Å². The molecule has 7 nitrogen and oxygen atoms in total. The van der Waals surface area contributed by atoms with Gasteiger partial charge in [0, 0.05) is 28.6 Å². The third-order valence-electron chi connectivity index (χ3n) is 7.10. The lowest BCUT2D eigenvalue weighted by molar-refractivity contribution is -0.157. The van der Waals surface area contributed by atoms with Gasteiger partial charge in [-0.05, 0) is 49.1 Å². The van der Waals surface area contributed by atoms with E-state index in [0.717, 1.165) is 41.5 Å². The Morgan fingerprint density at radius 2 is 2.09 bits per heavy atom. The van der Waals surface area contributed by atoms with Crippen molar-refractivity contribution >= 4 is 16.9 Å². The van der Waals surface area contributed by atoms with E-state index in [-0.39, 0.29) is 35.2 Å². The van der Waals surface area contributed by atoms with Crippen molar-refractivity contribution in [2.75, 3.05) is 6.54 Å². The Bertz CT molecular complexity index is 1410. The second-order valence-electron chi connectivity index (χ2n) is 8.72. The van der Waals surface area contributed by atoms with Gasteiger partial charge in [0.1, 0.15) is 12.4 Å². The molecule has 2 atom stereocenters. The van der Waals surface area contributed by atoms with Gasteiger partial charge in [-0.2, -0.15) is 0 Å². The number of halogens is 1. The van der Waals surface area contributed by atoms with Crippen molar-refractivity contribution in [3.63, 3.8) is 0 Å². The maximum absolute atomic E-state index is 14.7. The highest BCUT2D eigenvalue weighted by molar-refractivity contribution is 5.93. The van der Waals surface area contributed by atoms with E-state index in [0.29, 0.717) is 29.0 Å². The Labute approximate surface area is 182 Å². The number of cyclic esters (lactones) is 1. The SMILES string of the molecule is CCN[C@H]1CCc2c(C)c(F)cc3nc4c(c1c23)Cn1c-4cc2c(c1=O)COC(=O)[C@H]2O. The molecule has 2 N–H and O–H groups in total. The summed E-state index contributed by atoms with van der Waals surface area (Å²) in [4.78, 5) is 30.0. The number of aliphatic hydroxyl groups excluding tert-OH is 1. The summed E-state index contributed by atoms with van der Waals surface area (Å²) in [5, 5.41) is 14.8. The van der Waals surface area contributed by atoms with Crippen LogP contribution in [-0.2, 0) is 29.1 Å². The highest BCUT2D eigenvalue weighted by Gasteiger charge is 2.37. The van der Waals surface area contributed by atoms with Crippen LogP contribution in [-0.4, -0.2) is 27.2 Å². The minimum atomic E-state index is -1.50. The van der Waals surface area contributed by atoms with Crippen LogP contribution in [0, 0.1) is 12.7 Å². The molecule has 0 unspecified atom stereocenters. The van der Waals surface area contributed by atoms with Gasteiger partial charge in [-0.15, -0.1) is 0 Å². The zero-order chi connectivity index (χ0) is 22.3. The molecule has 0 bridgehead atoms. The number of aromatic nitrogens is 2. The maximum atomic E-state index is 14.7. The molecule has 0 amide bonds. The summed E-state index contributed by atoms with van der Waals surface area (Å²) in [6.07, 6.45) is 0.0961. The fourth-order valence-electron chi connectivity index (χ4n) is 5.55. The Morgan fingerprint density at radius 1 is 1.28 bits per heavy atom. The predicted octanol–water partition coefficient (Wildman–Crippen LogP) is 2.56. The summed E-state index contributed by atoms with van der Waals surface area (Å²) in [5.41, 5.74) is 5.62. The standard InChI is InChI=1S/C24H22FN3O4/c1-3-26-16-5-4-11-10(2)15(25)7-17-19(11)20(16)13-8-28-18(21(13)27-17)6-12-14(23(28)30)9-32-24(31)22(12)29/h6-7,16,22,26,29H,3-5,8-9H2,1-2H3/t16-,22-/m0/s1. The predicted molar refractivity (Wildman–Crippen MR) is 115 cm³/mol. The van der Waals surface area contributed by atoms with Crippen LogP contribution in [0.4, 0.5) is 4.39 Å². The van der Waals surface area contributed by atoms with Crippen molar-refractivity contribution in [3.8, 4) is 11.4 Å². The number of carbonyl (C=O) groups excluding carboxylic acids is 1. The molecule has 0 radical (unpaired) electrons. The largest absolute Gasteiger partial charge is 0.458 e. The van der Waals surface area contributed by atoms with E-state index in [1.165, 1.54) is 6.07 Å². The molecule has 2 aliphatic heterocycles. The summed E-state index contributed by atoms with van der Waals surface area (Å²) in [6, 6.07) is 3.21. The topological polar surface area (TPSA) is 93.5 Å². The van der Waals surface area contributed by atoms with Crippen LogP contribution >= 0.6 is 0 Å². The van der Waals surface area contributed by atoms with Crippen molar-refractivity contribution in [1.82, 2.24) is 14.9 Å². The molecular weight excluding hydrogens is 413 g/mol. The number of hydrogen-bond acceptors (Lipinski definition) is 6. The molecule has 6 rings (SSSR count). The zero-order valence-electron chi connectivity index (χ0n) is 17.8. The molecule has 0 saturated heterocycles. The number of rotatable bonds is 2. The summed E-state index contributed by atoms with van der Waals surface area (Å²) in [7, 11) is 0. The van der Waals surface area contributed by atoms with Crippen molar-refractivity contribution in [1.29, 1.82) is 0 Å². The van der Waals surface area contributed by atoms with E-state index < -0.39 is 12.1 Å². The molecule has 8 heteroatoms. The molecule has 0 spiro atoms. The van der Waals surface area contributed by atoms with Gasteiger partial charge < -0.3 is 19.7 Å². The Kier molecular flexibility index (Phi) is 4.10. The van der Waals surface area contributed by atoms with Crippen LogP contribution in [0.15, 0.2) is 16.9 Å². The minimum Gasteiger partial charge on any atom is -0.458 e. The fraction of sp³-hybridized carbons (Fsp3) is 0.375. The Hall–Kier alpha value is -3.10. The number of esters is 1. The molecule has 3 aliphatic rings. The molecule has 4 heterocycles. The van der Waals surface area contributed by atoms with Gasteiger partial charge in [0.15, 0.2) is 6.10 Å². The van der Waals surface area contributed by atoms with Crippen molar-refractivity contribution < 1.29 is 19.0 Å². The van der Waals surface area contributed by atoms with E-state index in [2.05, 4.69) is 12.2 Å². The monoisotopic (exact) mass is 435 g/mol. The van der Waals surface area contributed by atoms with Gasteiger partial charge in [-0.1, -0.05) is 6.92 Å². The van der Waals surface area contributed by atoms with Crippen LogP contribution in [0.3, 0.4) is 0 Å². The Balaban J connectivity index is 1.68. The van der Waals surface area contributed by atoms with Gasteiger partial charge in [0.25, 0.3) is 5.56 Å². The van der Waals surface area contributed by atoms with E-state index in [1.54, 1.807) is 17.6 Å². The van der Waals surface area contributed by atoms with Gasteiger partial charge in [-0.25, -0.2) is 14.2 Å². The van der Waals surface area contributed by atoms with E-state index in [9.17, 15) is 19.1 Å². The third kappa shape index (κ3) is 2.45. The number of ether oxygens (including phenoxy) is 1. The van der Waals surface area contributed by atoms with E-state index >= 15 is 0 Å². The van der Waals surface area contributed by atoms with E-state index in [1.807, 2.05) is 0 Å². The number of benzene rings is 1. The zero-order valence-corrected chi connectivity index (χ0v) is 17.8. The fourth-order valence-corrected chi connectivity index (χ4v) is 5.55. The van der Waals surface area contributed by atoms with Crippen LogP contribution < -0.4 is 10.9 Å². The van der Waals surface area contributed by atoms with Crippen molar-refractivity contribution in [2.45, 2.75) is 52.0 Å². The third-order valence-corrected chi connectivity index (χ3v) is 7.10. The molecular formula is C24H22FN3O4. The number of carbonyl (C=O) groups is 1. The highest BCUT2D eigenvalue weighted by Crippen LogP contribution is 2.45. The van der Waals surface area contributed by atoms with Gasteiger partial charge in [-0.3, -0.25) is 4.79 Å². The summed E-state index contributed by atoms with van der Waals surface area (Å²) in [5.74, 6) is -1.05. The lowest BCUT2D eigenvalue weighted by Gasteiger charge is -2.29. The second kappa shape index (κ2) is 6.70. The summed E-state index contributed by atoms with van der Waals surface area (Å²) < 4.78 is 21.3. The van der Waals surface area contributed by atoms with Crippen LogP contribution in [0.25, 0.3) is 22.3 Å². The number of pyridine rings is 2. The number of nitrogens with zero attached hydrogens (tertiary/aromatic N) is 2. The maximum Gasteiger partial charge on any atom is 0.340 e. The van der Waals surface area contributed by atoms with Crippen molar-refractivity contribution in [3.05, 3.63) is 61.7 Å². The quantitative estimate of drug-likeness (QED) is 0.470. The number of hydrogen-bond donors (Lipinski definition) is 2. The van der Waals surface area contributed by atoms with Crippen LogP contribution in [0.5, 0.6) is 0 Å². The molecule has 1 aliphatic carbocycles. The first-order valence-corrected chi connectivity index (χ1v) is 10.9. The smallest absolute Gasteiger partial charge is 0.340 e. The van der Waals surface area contributed by atoms with E-state index in [4.69, 9.17) is 9.72 Å². The molecule has 2 aromatic heterocycles. The molecule has 3 aromatic rings. The average Bonchev–Trinajstić information content (AvgIpc) is 3.14. The molecule has 0 saturated carbocycles. The number of aliphatic hydroxyl groups is 1. The van der Waals surface area contributed by atoms with Crippen molar-refractivity contribution in [2.24, 2.45) is 0 Å². The van der Waals surface area contributed by atoms with Crippen LogP contribution in [0.1, 0.15) is 58.9 Å². The number of fused-ring (bicyclic) bond motifs is 5. The normalized spacial score (nSPS) is 20.7. The van der Waals surface area contributed by atoms with Gasteiger partial charge >= 0.3 is 5.97 Å². The first-order valence-electron chi connectivity index (χ1n) is 10.9. The number of aryl methyl sites for hydroxylation is 1. The average molecular weight is 435 g/mol. The molecule has 32 heavy (non-hydrogen) atoms. The molecule has 1 aromatic carbocycles.